The molecule has 3 aromatic rings. The Hall–Kier alpha value is -2.82. The Bertz CT molecular complexity index is 793. The van der Waals surface area contributed by atoms with Gasteiger partial charge in [-0.15, -0.1) is 0 Å². The van der Waals surface area contributed by atoms with Gasteiger partial charge in [0.1, 0.15) is 11.3 Å². The summed E-state index contributed by atoms with van der Waals surface area (Å²) in [6.45, 7) is 0. The van der Waals surface area contributed by atoms with E-state index in [1.807, 2.05) is 24.3 Å². The number of nitrogens with two attached hydrogens (primary N) is 1. The van der Waals surface area contributed by atoms with Crippen molar-refractivity contribution in [2.75, 3.05) is 7.11 Å². The third-order valence-corrected chi connectivity index (χ3v) is 2.99. The van der Waals surface area contributed by atoms with Crippen LogP contribution in [0.3, 0.4) is 0 Å². The Balaban J connectivity index is 2.10. The Morgan fingerprint density at radius 3 is 2.85 bits per heavy atom. The summed E-state index contributed by atoms with van der Waals surface area (Å²) in [6, 6.07) is 12.3. The van der Waals surface area contributed by atoms with Crippen molar-refractivity contribution in [1.29, 1.82) is 0 Å². The van der Waals surface area contributed by atoms with E-state index in [2.05, 4.69) is 4.98 Å². The summed E-state index contributed by atoms with van der Waals surface area (Å²) in [5, 5.41) is 0. The summed E-state index contributed by atoms with van der Waals surface area (Å²) in [7, 11) is 1.60. The minimum Gasteiger partial charge on any atom is -0.497 e. The zero-order valence-corrected chi connectivity index (χ0v) is 10.8. The van der Waals surface area contributed by atoms with Gasteiger partial charge >= 0.3 is 0 Å². The highest BCUT2D eigenvalue weighted by Gasteiger charge is 2.10. The molecule has 5 heteroatoms. The summed E-state index contributed by atoms with van der Waals surface area (Å²) in [5.74, 6) is 0.709. The van der Waals surface area contributed by atoms with Crippen molar-refractivity contribution < 1.29 is 13.9 Å². The molecule has 0 aliphatic rings. The van der Waals surface area contributed by atoms with Crippen molar-refractivity contribution in [2.45, 2.75) is 0 Å². The lowest BCUT2D eigenvalue weighted by Gasteiger charge is -2.00. The fraction of sp³-hybridized carbons (Fsp3) is 0.0667. The molecule has 0 unspecified atom stereocenters. The highest BCUT2D eigenvalue weighted by molar-refractivity contribution is 5.96. The monoisotopic (exact) mass is 268 g/mol. The van der Waals surface area contributed by atoms with Crippen LogP contribution in [0, 0.1) is 0 Å². The standard InChI is InChI=1S/C15H12N2O3/c1-19-11-4-2-3-10(7-11)15-17-12-8-9(14(16)18)5-6-13(12)20-15/h2-8H,1H3,(H2,16,18). The summed E-state index contributed by atoms with van der Waals surface area (Å²) >= 11 is 0. The quantitative estimate of drug-likeness (QED) is 0.792. The molecule has 0 spiro atoms. The van der Waals surface area contributed by atoms with E-state index >= 15 is 0 Å². The molecule has 1 amide bonds. The molecule has 0 aliphatic carbocycles. The minimum atomic E-state index is -0.488. The summed E-state index contributed by atoms with van der Waals surface area (Å²) in [6.07, 6.45) is 0. The first-order chi connectivity index (χ1) is 9.67. The van der Waals surface area contributed by atoms with Gasteiger partial charge in [-0.2, -0.15) is 0 Å². The SMILES string of the molecule is COc1cccc(-c2nc3cc(C(N)=O)ccc3o2)c1. The lowest BCUT2D eigenvalue weighted by molar-refractivity contribution is 0.100. The summed E-state index contributed by atoms with van der Waals surface area (Å²) in [4.78, 5) is 15.5. The van der Waals surface area contributed by atoms with Crippen molar-refractivity contribution in [2.24, 2.45) is 5.73 Å². The Morgan fingerprint density at radius 1 is 1.25 bits per heavy atom. The predicted octanol–water partition coefficient (Wildman–Crippen LogP) is 2.60. The van der Waals surface area contributed by atoms with Gasteiger partial charge in [-0.1, -0.05) is 6.07 Å². The molecule has 0 aliphatic heterocycles. The molecule has 0 saturated heterocycles. The third-order valence-electron chi connectivity index (χ3n) is 2.99. The first kappa shape index (κ1) is 12.2. The van der Waals surface area contributed by atoms with Gasteiger partial charge in [0.2, 0.25) is 11.8 Å². The van der Waals surface area contributed by atoms with Gasteiger partial charge in [0.05, 0.1) is 7.11 Å². The first-order valence-corrected chi connectivity index (χ1v) is 6.02. The van der Waals surface area contributed by atoms with Crippen LogP contribution in [0.2, 0.25) is 0 Å². The average Bonchev–Trinajstić information content (AvgIpc) is 2.90. The fourth-order valence-corrected chi connectivity index (χ4v) is 1.96. The molecule has 1 aromatic heterocycles. The number of hydrogen-bond acceptors (Lipinski definition) is 4. The van der Waals surface area contributed by atoms with Crippen LogP contribution in [-0.4, -0.2) is 18.0 Å². The maximum Gasteiger partial charge on any atom is 0.248 e. The van der Waals surface area contributed by atoms with Crippen LogP contribution in [0.1, 0.15) is 10.4 Å². The number of benzene rings is 2. The molecule has 20 heavy (non-hydrogen) atoms. The number of hydrogen-bond donors (Lipinski definition) is 1. The molecule has 100 valence electrons. The molecule has 2 N–H and O–H groups in total. The third kappa shape index (κ3) is 2.09. The molecule has 0 saturated carbocycles. The average molecular weight is 268 g/mol. The van der Waals surface area contributed by atoms with Crippen LogP contribution >= 0.6 is 0 Å². The molecular weight excluding hydrogens is 256 g/mol. The number of fused-ring (bicyclic) bond motifs is 1. The zero-order valence-electron chi connectivity index (χ0n) is 10.8. The van der Waals surface area contributed by atoms with E-state index < -0.39 is 5.91 Å². The lowest BCUT2D eigenvalue weighted by Crippen LogP contribution is -2.10. The van der Waals surface area contributed by atoms with Crippen molar-refractivity contribution in [3.63, 3.8) is 0 Å². The van der Waals surface area contributed by atoms with Crippen LogP contribution < -0.4 is 10.5 Å². The molecule has 0 atom stereocenters. The number of primary amides is 1. The second-order valence-corrected chi connectivity index (χ2v) is 4.30. The number of amides is 1. The van der Waals surface area contributed by atoms with E-state index in [1.54, 1.807) is 25.3 Å². The van der Waals surface area contributed by atoms with Gasteiger partial charge in [0.15, 0.2) is 5.58 Å². The van der Waals surface area contributed by atoms with Gasteiger partial charge in [0.25, 0.3) is 0 Å². The van der Waals surface area contributed by atoms with Gasteiger partial charge in [-0.25, -0.2) is 4.98 Å². The van der Waals surface area contributed by atoms with Crippen molar-refractivity contribution in [3.05, 3.63) is 48.0 Å². The maximum absolute atomic E-state index is 11.2. The second kappa shape index (κ2) is 4.70. The first-order valence-electron chi connectivity index (χ1n) is 6.02. The van der Waals surface area contributed by atoms with Crippen LogP contribution in [0.15, 0.2) is 46.9 Å². The van der Waals surface area contributed by atoms with E-state index in [0.717, 1.165) is 11.3 Å². The smallest absolute Gasteiger partial charge is 0.248 e. The minimum absolute atomic E-state index is 0.406. The molecule has 0 radical (unpaired) electrons. The number of ether oxygens (including phenoxy) is 1. The van der Waals surface area contributed by atoms with Crippen molar-refractivity contribution in [3.8, 4) is 17.2 Å². The highest BCUT2D eigenvalue weighted by atomic mass is 16.5. The van der Waals surface area contributed by atoms with E-state index in [4.69, 9.17) is 14.9 Å². The van der Waals surface area contributed by atoms with Gasteiger partial charge < -0.3 is 14.9 Å². The van der Waals surface area contributed by atoms with Crippen LogP contribution in [0.4, 0.5) is 0 Å². The Kier molecular flexibility index (Phi) is 2.87. The van der Waals surface area contributed by atoms with E-state index in [9.17, 15) is 4.79 Å². The normalized spacial score (nSPS) is 10.7. The predicted molar refractivity (Wildman–Crippen MR) is 74.5 cm³/mol. The van der Waals surface area contributed by atoms with Crippen LogP contribution in [0.5, 0.6) is 5.75 Å². The number of rotatable bonds is 3. The second-order valence-electron chi connectivity index (χ2n) is 4.30. The molecule has 3 rings (SSSR count). The number of oxazole rings is 1. The number of carbonyl (C=O) groups excluding carboxylic acids is 1. The number of carbonyl (C=O) groups is 1. The maximum atomic E-state index is 11.2. The van der Waals surface area contributed by atoms with Gasteiger partial charge in [-0.3, -0.25) is 4.79 Å². The Labute approximate surface area is 115 Å². The highest BCUT2D eigenvalue weighted by Crippen LogP contribution is 2.27. The van der Waals surface area contributed by atoms with Crippen molar-refractivity contribution in [1.82, 2.24) is 4.98 Å². The van der Waals surface area contributed by atoms with Crippen LogP contribution in [0.25, 0.3) is 22.6 Å². The van der Waals surface area contributed by atoms with Crippen LogP contribution in [-0.2, 0) is 0 Å². The lowest BCUT2D eigenvalue weighted by atomic mass is 10.2. The molecule has 2 aromatic carbocycles. The molecule has 0 bridgehead atoms. The van der Waals surface area contributed by atoms with Gasteiger partial charge in [-0.05, 0) is 36.4 Å². The summed E-state index contributed by atoms with van der Waals surface area (Å²) < 4.78 is 10.8. The zero-order chi connectivity index (χ0) is 14.1. The number of nitrogens with zero attached hydrogens (tertiary/aromatic N) is 1. The topological polar surface area (TPSA) is 78.4 Å². The Morgan fingerprint density at radius 2 is 2.10 bits per heavy atom. The van der Waals surface area contributed by atoms with E-state index in [1.165, 1.54) is 0 Å². The fourth-order valence-electron chi connectivity index (χ4n) is 1.96. The van der Waals surface area contributed by atoms with Gasteiger partial charge in [0, 0.05) is 11.1 Å². The number of aromatic nitrogens is 1. The molecule has 5 nitrogen and oxygen atoms in total. The summed E-state index contributed by atoms with van der Waals surface area (Å²) in [5.41, 5.74) is 7.66. The van der Waals surface area contributed by atoms with E-state index in [0.29, 0.717) is 22.6 Å². The van der Waals surface area contributed by atoms with E-state index in [-0.39, 0.29) is 0 Å². The molecular formula is C15H12N2O3. The molecule has 1 heterocycles. The number of methoxy groups -OCH3 is 1. The van der Waals surface area contributed by atoms with Crippen molar-refractivity contribution >= 4 is 17.0 Å². The molecule has 0 fully saturated rings. The largest absolute Gasteiger partial charge is 0.497 e.